The molecule has 0 aliphatic carbocycles. The summed E-state index contributed by atoms with van der Waals surface area (Å²) in [4.78, 5) is 28.3. The van der Waals surface area contributed by atoms with E-state index in [0.29, 0.717) is 24.5 Å². The molecule has 0 aromatic carbocycles. The number of methoxy groups -OCH3 is 1. The first-order valence-electron chi connectivity index (χ1n) is 5.15. The minimum Gasteiger partial charge on any atom is -0.465 e. The molecule has 6 nitrogen and oxygen atoms in total. The van der Waals surface area contributed by atoms with Gasteiger partial charge in [-0.3, -0.25) is 9.69 Å². The third-order valence-electron chi connectivity index (χ3n) is 2.43. The number of carbonyl (C=O) groups is 2. The highest BCUT2D eigenvalue weighted by molar-refractivity contribution is 5.94. The molecule has 1 amide bonds. The molecule has 0 radical (unpaired) electrons. The summed E-state index contributed by atoms with van der Waals surface area (Å²) >= 11 is 0. The SMILES string of the molecule is COC(=O)c1ccc(N2CCOCC2=O)nc1. The van der Waals surface area contributed by atoms with E-state index >= 15 is 0 Å². The van der Waals surface area contributed by atoms with Crippen molar-refractivity contribution in [1.29, 1.82) is 0 Å². The number of rotatable bonds is 2. The third kappa shape index (κ3) is 2.42. The number of hydrogen-bond acceptors (Lipinski definition) is 5. The van der Waals surface area contributed by atoms with Gasteiger partial charge in [-0.15, -0.1) is 0 Å². The molecule has 17 heavy (non-hydrogen) atoms. The van der Waals surface area contributed by atoms with E-state index in [-0.39, 0.29) is 12.5 Å². The zero-order valence-corrected chi connectivity index (χ0v) is 9.38. The maximum Gasteiger partial charge on any atom is 0.339 e. The average molecular weight is 236 g/mol. The van der Waals surface area contributed by atoms with Gasteiger partial charge in [0.1, 0.15) is 12.4 Å². The summed E-state index contributed by atoms with van der Waals surface area (Å²) in [6.07, 6.45) is 1.39. The predicted molar refractivity (Wildman–Crippen MR) is 58.7 cm³/mol. The second-order valence-electron chi connectivity index (χ2n) is 3.49. The molecule has 0 unspecified atom stereocenters. The van der Waals surface area contributed by atoms with Gasteiger partial charge < -0.3 is 9.47 Å². The van der Waals surface area contributed by atoms with Crippen LogP contribution in [0.2, 0.25) is 0 Å². The van der Waals surface area contributed by atoms with Gasteiger partial charge in [-0.05, 0) is 12.1 Å². The normalized spacial score (nSPS) is 15.8. The number of ether oxygens (including phenoxy) is 2. The van der Waals surface area contributed by atoms with Gasteiger partial charge in [0.15, 0.2) is 0 Å². The van der Waals surface area contributed by atoms with Crippen LogP contribution in [0.4, 0.5) is 5.82 Å². The molecule has 1 saturated heterocycles. The number of anilines is 1. The van der Waals surface area contributed by atoms with E-state index in [1.807, 2.05) is 0 Å². The summed E-state index contributed by atoms with van der Waals surface area (Å²) < 4.78 is 9.58. The van der Waals surface area contributed by atoms with Crippen LogP contribution in [0.15, 0.2) is 18.3 Å². The largest absolute Gasteiger partial charge is 0.465 e. The highest BCUT2D eigenvalue weighted by Crippen LogP contribution is 2.14. The molecule has 0 N–H and O–H groups in total. The van der Waals surface area contributed by atoms with Crippen LogP contribution in [0.25, 0.3) is 0 Å². The molecule has 0 atom stereocenters. The van der Waals surface area contributed by atoms with E-state index < -0.39 is 5.97 Å². The number of nitrogens with zero attached hydrogens (tertiary/aromatic N) is 2. The standard InChI is InChI=1S/C11H12N2O4/c1-16-11(15)8-2-3-9(12-6-8)13-4-5-17-7-10(13)14/h2-3,6H,4-5,7H2,1H3. The number of carbonyl (C=O) groups excluding carboxylic acids is 2. The van der Waals surface area contributed by atoms with Crippen LogP contribution in [0.1, 0.15) is 10.4 Å². The van der Waals surface area contributed by atoms with Crippen LogP contribution in [-0.2, 0) is 14.3 Å². The van der Waals surface area contributed by atoms with Crippen molar-refractivity contribution < 1.29 is 19.1 Å². The summed E-state index contributed by atoms with van der Waals surface area (Å²) in [5.41, 5.74) is 0.358. The quantitative estimate of drug-likeness (QED) is 0.687. The van der Waals surface area contributed by atoms with Gasteiger partial charge in [0.25, 0.3) is 5.91 Å². The van der Waals surface area contributed by atoms with Gasteiger partial charge in [-0.2, -0.15) is 0 Å². The van der Waals surface area contributed by atoms with Crippen LogP contribution < -0.4 is 4.90 Å². The second kappa shape index (κ2) is 4.92. The van der Waals surface area contributed by atoms with Crippen LogP contribution in [0.3, 0.4) is 0 Å². The molecule has 0 spiro atoms. The predicted octanol–water partition coefficient (Wildman–Crippen LogP) is 0.231. The summed E-state index contributed by atoms with van der Waals surface area (Å²) in [6.45, 7) is 1.04. The van der Waals surface area contributed by atoms with Crippen molar-refractivity contribution in [1.82, 2.24) is 4.98 Å². The lowest BCUT2D eigenvalue weighted by molar-refractivity contribution is -0.125. The molecule has 0 saturated carbocycles. The van der Waals surface area contributed by atoms with Crippen molar-refractivity contribution in [3.05, 3.63) is 23.9 Å². The van der Waals surface area contributed by atoms with E-state index in [4.69, 9.17) is 4.74 Å². The van der Waals surface area contributed by atoms with E-state index in [1.165, 1.54) is 18.2 Å². The maximum atomic E-state index is 11.5. The average Bonchev–Trinajstić information content (AvgIpc) is 2.39. The Labute approximate surface area is 98.1 Å². The lowest BCUT2D eigenvalue weighted by Gasteiger charge is -2.25. The molecule has 1 aliphatic heterocycles. The van der Waals surface area contributed by atoms with Crippen molar-refractivity contribution in [3.8, 4) is 0 Å². The molecular weight excluding hydrogens is 224 g/mol. The molecule has 2 rings (SSSR count). The fourth-order valence-electron chi connectivity index (χ4n) is 1.54. The molecule has 2 heterocycles. The van der Waals surface area contributed by atoms with E-state index in [1.54, 1.807) is 12.1 Å². The molecule has 1 aliphatic rings. The van der Waals surface area contributed by atoms with Crippen molar-refractivity contribution in [2.45, 2.75) is 0 Å². The molecule has 1 aromatic rings. The second-order valence-corrected chi connectivity index (χ2v) is 3.49. The van der Waals surface area contributed by atoms with Gasteiger partial charge in [0.2, 0.25) is 0 Å². The summed E-state index contributed by atoms with van der Waals surface area (Å²) in [5, 5.41) is 0. The Bertz CT molecular complexity index is 430. The van der Waals surface area contributed by atoms with Crippen LogP contribution in [0, 0.1) is 0 Å². The number of aromatic nitrogens is 1. The smallest absolute Gasteiger partial charge is 0.339 e. The third-order valence-corrected chi connectivity index (χ3v) is 2.43. The van der Waals surface area contributed by atoms with Crippen LogP contribution in [-0.4, -0.2) is 43.7 Å². The Balaban J connectivity index is 2.17. The van der Waals surface area contributed by atoms with Crippen molar-refractivity contribution in [2.24, 2.45) is 0 Å². The van der Waals surface area contributed by atoms with Crippen LogP contribution in [0.5, 0.6) is 0 Å². The zero-order chi connectivity index (χ0) is 12.3. The Kier molecular flexibility index (Phi) is 3.34. The van der Waals surface area contributed by atoms with E-state index in [2.05, 4.69) is 9.72 Å². The molecule has 0 bridgehead atoms. The Morgan fingerprint density at radius 2 is 2.35 bits per heavy atom. The summed E-state index contributed by atoms with van der Waals surface area (Å²) in [6, 6.07) is 3.20. The number of amides is 1. The van der Waals surface area contributed by atoms with Gasteiger partial charge >= 0.3 is 5.97 Å². The monoisotopic (exact) mass is 236 g/mol. The van der Waals surface area contributed by atoms with Crippen LogP contribution >= 0.6 is 0 Å². The van der Waals surface area contributed by atoms with Gasteiger partial charge in [0.05, 0.1) is 25.8 Å². The molecule has 90 valence electrons. The topological polar surface area (TPSA) is 68.7 Å². The summed E-state index contributed by atoms with van der Waals surface area (Å²) in [7, 11) is 1.31. The molecular formula is C11H12N2O4. The lowest BCUT2D eigenvalue weighted by Crippen LogP contribution is -2.42. The number of hydrogen-bond donors (Lipinski definition) is 0. The first-order chi connectivity index (χ1) is 8.22. The van der Waals surface area contributed by atoms with Crippen molar-refractivity contribution in [3.63, 3.8) is 0 Å². The van der Waals surface area contributed by atoms with Crippen molar-refractivity contribution in [2.75, 3.05) is 31.8 Å². The Morgan fingerprint density at radius 3 is 2.94 bits per heavy atom. The molecule has 6 heteroatoms. The first kappa shape index (κ1) is 11.5. The van der Waals surface area contributed by atoms with Gasteiger partial charge in [-0.1, -0.05) is 0 Å². The van der Waals surface area contributed by atoms with Crippen molar-refractivity contribution >= 4 is 17.7 Å². The van der Waals surface area contributed by atoms with E-state index in [0.717, 1.165) is 0 Å². The zero-order valence-electron chi connectivity index (χ0n) is 9.38. The molecule has 1 fully saturated rings. The highest BCUT2D eigenvalue weighted by atomic mass is 16.5. The maximum absolute atomic E-state index is 11.5. The number of morpholine rings is 1. The fraction of sp³-hybridized carbons (Fsp3) is 0.364. The minimum absolute atomic E-state index is 0.0699. The Hall–Kier alpha value is -1.95. The lowest BCUT2D eigenvalue weighted by atomic mass is 10.2. The first-order valence-corrected chi connectivity index (χ1v) is 5.15. The van der Waals surface area contributed by atoms with Gasteiger partial charge in [-0.25, -0.2) is 9.78 Å². The highest BCUT2D eigenvalue weighted by Gasteiger charge is 2.21. The van der Waals surface area contributed by atoms with E-state index in [9.17, 15) is 9.59 Å². The summed E-state index contributed by atoms with van der Waals surface area (Å²) in [5.74, 6) is -0.0575. The fourth-order valence-corrected chi connectivity index (χ4v) is 1.54. The minimum atomic E-state index is -0.447. The number of pyridine rings is 1. The number of esters is 1. The Morgan fingerprint density at radius 1 is 1.53 bits per heavy atom. The van der Waals surface area contributed by atoms with Gasteiger partial charge in [0, 0.05) is 6.20 Å². The molecule has 1 aromatic heterocycles.